The molecule has 1 heterocycles. The van der Waals surface area contributed by atoms with E-state index in [9.17, 15) is 31.2 Å². The van der Waals surface area contributed by atoms with E-state index in [0.29, 0.717) is 11.4 Å². The lowest BCUT2D eigenvalue weighted by atomic mass is 9.98. The number of carbonyl (C=O) groups excluding carboxylic acids is 2. The van der Waals surface area contributed by atoms with E-state index in [4.69, 9.17) is 5.14 Å². The molecule has 4 aromatic rings. The maximum absolute atomic E-state index is 14.4. The molecule has 4 rings (SSSR count). The Labute approximate surface area is 221 Å². The van der Waals surface area contributed by atoms with E-state index < -0.39 is 21.9 Å². The summed E-state index contributed by atoms with van der Waals surface area (Å²) >= 11 is 0. The van der Waals surface area contributed by atoms with Crippen molar-refractivity contribution in [2.75, 3.05) is 10.6 Å². The maximum Gasteiger partial charge on any atom is 0.435 e. The van der Waals surface area contributed by atoms with Crippen LogP contribution < -0.4 is 15.8 Å². The SMILES string of the molecule is CC(=O)Nc1ccc(-c2c(C(F)(F)F)nn(-c3ccc(NC(C)=O)cc3)c2-c2ccc(S(N)(=O)=O)cc2)cc1. The summed E-state index contributed by atoms with van der Waals surface area (Å²) in [4.78, 5) is 22.5. The maximum atomic E-state index is 14.4. The third-order valence-electron chi connectivity index (χ3n) is 5.54. The van der Waals surface area contributed by atoms with E-state index in [0.717, 1.165) is 4.68 Å². The summed E-state index contributed by atoms with van der Waals surface area (Å²) < 4.78 is 67.7. The van der Waals surface area contributed by atoms with Gasteiger partial charge in [-0.2, -0.15) is 18.3 Å². The average molecular weight is 558 g/mol. The number of amides is 2. The summed E-state index contributed by atoms with van der Waals surface area (Å²) in [5, 5.41) is 14.3. The molecule has 0 saturated carbocycles. The molecule has 0 unspecified atom stereocenters. The van der Waals surface area contributed by atoms with Gasteiger partial charge in [0.25, 0.3) is 0 Å². The van der Waals surface area contributed by atoms with E-state index in [-0.39, 0.29) is 44.8 Å². The van der Waals surface area contributed by atoms with Crippen molar-refractivity contribution in [3.05, 3.63) is 78.5 Å². The van der Waals surface area contributed by atoms with Crippen molar-refractivity contribution < 1.29 is 31.2 Å². The summed E-state index contributed by atoms with van der Waals surface area (Å²) in [5.41, 5.74) is 0.0592. The zero-order valence-electron chi connectivity index (χ0n) is 20.6. The average Bonchev–Trinajstić information content (AvgIpc) is 3.25. The molecule has 0 atom stereocenters. The molecular formula is C26H22F3N5O4S. The van der Waals surface area contributed by atoms with Gasteiger partial charge in [-0.1, -0.05) is 24.3 Å². The topological polar surface area (TPSA) is 136 Å². The Bertz CT molecular complexity index is 1650. The van der Waals surface area contributed by atoms with Crippen molar-refractivity contribution in [2.24, 2.45) is 5.14 Å². The number of primary sulfonamides is 1. The molecule has 0 aliphatic carbocycles. The fourth-order valence-corrected chi connectivity index (χ4v) is 4.47. The Morgan fingerprint density at radius 3 is 1.69 bits per heavy atom. The Morgan fingerprint density at radius 1 is 0.795 bits per heavy atom. The van der Waals surface area contributed by atoms with E-state index in [1.54, 1.807) is 0 Å². The number of anilines is 2. The van der Waals surface area contributed by atoms with Crippen LogP contribution in [0, 0.1) is 0 Å². The lowest BCUT2D eigenvalue weighted by Crippen LogP contribution is -2.11. The fraction of sp³-hybridized carbons (Fsp3) is 0.115. The number of halogens is 3. The molecule has 1 aromatic heterocycles. The second kappa shape index (κ2) is 10.3. The zero-order valence-corrected chi connectivity index (χ0v) is 21.4. The Hall–Kier alpha value is -4.49. The number of hydrogen-bond acceptors (Lipinski definition) is 5. The first kappa shape index (κ1) is 27.5. The summed E-state index contributed by atoms with van der Waals surface area (Å²) in [6.45, 7) is 2.63. The summed E-state index contributed by atoms with van der Waals surface area (Å²) in [6, 6.07) is 16.8. The second-order valence-corrected chi connectivity index (χ2v) is 10.1. The van der Waals surface area contributed by atoms with Crippen molar-refractivity contribution in [3.8, 4) is 28.1 Å². The normalized spacial score (nSPS) is 11.7. The minimum Gasteiger partial charge on any atom is -0.326 e. The molecule has 39 heavy (non-hydrogen) atoms. The number of rotatable bonds is 6. The van der Waals surface area contributed by atoms with Gasteiger partial charge < -0.3 is 10.6 Å². The van der Waals surface area contributed by atoms with Gasteiger partial charge in [0.15, 0.2) is 5.69 Å². The molecule has 2 amide bonds. The molecule has 0 radical (unpaired) electrons. The number of aromatic nitrogens is 2. The standard InChI is InChI=1S/C26H22F3N5O4S/c1-15(35)31-19-7-3-17(4-8-19)23-24(18-5-13-22(14-6-18)39(30,37)38)34(33-25(23)26(27,28)29)21-11-9-20(10-12-21)32-16(2)36/h3-14H,1-2H3,(H,31,35)(H,32,36)(H2,30,37,38). The smallest absolute Gasteiger partial charge is 0.326 e. The predicted octanol–water partition coefficient (Wildman–Crippen LogP) is 4.79. The largest absolute Gasteiger partial charge is 0.435 e. The van der Waals surface area contributed by atoms with E-state index >= 15 is 0 Å². The highest BCUT2D eigenvalue weighted by Crippen LogP contribution is 2.44. The van der Waals surface area contributed by atoms with Gasteiger partial charge in [-0.15, -0.1) is 0 Å². The van der Waals surface area contributed by atoms with E-state index in [1.165, 1.54) is 86.6 Å². The van der Waals surface area contributed by atoms with Crippen molar-refractivity contribution in [2.45, 2.75) is 24.9 Å². The lowest BCUT2D eigenvalue weighted by Gasteiger charge is -2.13. The third-order valence-corrected chi connectivity index (χ3v) is 6.47. The monoisotopic (exact) mass is 557 g/mol. The minimum absolute atomic E-state index is 0.0304. The van der Waals surface area contributed by atoms with Crippen LogP contribution in [0.25, 0.3) is 28.1 Å². The zero-order chi connectivity index (χ0) is 28.5. The first-order valence-electron chi connectivity index (χ1n) is 11.3. The van der Waals surface area contributed by atoms with Gasteiger partial charge in [-0.25, -0.2) is 18.2 Å². The van der Waals surface area contributed by atoms with Gasteiger partial charge in [0.05, 0.1) is 16.3 Å². The number of benzene rings is 3. The lowest BCUT2D eigenvalue weighted by molar-refractivity contribution is -0.140. The second-order valence-electron chi connectivity index (χ2n) is 8.54. The van der Waals surface area contributed by atoms with Gasteiger partial charge in [0, 0.05) is 36.3 Å². The number of nitrogens with zero attached hydrogens (tertiary/aromatic N) is 2. The third kappa shape index (κ3) is 6.16. The van der Waals surface area contributed by atoms with Gasteiger partial charge in [-0.05, 0) is 54.1 Å². The number of alkyl halides is 3. The Balaban J connectivity index is 1.99. The van der Waals surface area contributed by atoms with Gasteiger partial charge in [0.2, 0.25) is 21.8 Å². The van der Waals surface area contributed by atoms with Crippen LogP contribution >= 0.6 is 0 Å². The van der Waals surface area contributed by atoms with E-state index in [2.05, 4.69) is 15.7 Å². The molecule has 9 nitrogen and oxygen atoms in total. The quantitative estimate of drug-likeness (QED) is 0.313. The first-order chi connectivity index (χ1) is 18.2. The number of nitrogens with one attached hydrogen (secondary N) is 2. The van der Waals surface area contributed by atoms with Crippen LogP contribution in [-0.2, 0) is 25.8 Å². The van der Waals surface area contributed by atoms with Crippen LogP contribution in [-0.4, -0.2) is 30.0 Å². The highest BCUT2D eigenvalue weighted by molar-refractivity contribution is 7.89. The molecule has 0 bridgehead atoms. The van der Waals surface area contributed by atoms with Gasteiger partial charge in [0.1, 0.15) is 0 Å². The van der Waals surface area contributed by atoms with Gasteiger partial charge in [-0.3, -0.25) is 9.59 Å². The molecule has 0 aliphatic heterocycles. The van der Waals surface area contributed by atoms with Crippen molar-refractivity contribution in [1.82, 2.24) is 9.78 Å². The summed E-state index contributed by atoms with van der Waals surface area (Å²) in [5.74, 6) is -0.660. The molecule has 0 aliphatic rings. The van der Waals surface area contributed by atoms with Gasteiger partial charge >= 0.3 is 6.18 Å². The van der Waals surface area contributed by atoms with E-state index in [1.807, 2.05) is 0 Å². The molecule has 0 spiro atoms. The molecule has 3 aromatic carbocycles. The highest BCUT2D eigenvalue weighted by atomic mass is 32.2. The Morgan fingerprint density at radius 2 is 1.26 bits per heavy atom. The fourth-order valence-electron chi connectivity index (χ4n) is 3.96. The first-order valence-corrected chi connectivity index (χ1v) is 12.9. The molecule has 0 saturated heterocycles. The molecule has 0 fully saturated rings. The van der Waals surface area contributed by atoms with Crippen molar-refractivity contribution in [1.29, 1.82) is 0 Å². The number of carbonyl (C=O) groups is 2. The van der Waals surface area contributed by atoms with Crippen LogP contribution in [0.15, 0.2) is 77.7 Å². The molecular weight excluding hydrogens is 535 g/mol. The van der Waals surface area contributed by atoms with Crippen LogP contribution in [0.5, 0.6) is 0 Å². The summed E-state index contributed by atoms with van der Waals surface area (Å²) in [6.07, 6.45) is -4.86. The number of sulfonamides is 1. The molecule has 202 valence electrons. The Kier molecular flexibility index (Phi) is 7.31. The number of nitrogens with two attached hydrogens (primary N) is 1. The predicted molar refractivity (Wildman–Crippen MR) is 139 cm³/mol. The van der Waals surface area contributed by atoms with Crippen LogP contribution in [0.1, 0.15) is 19.5 Å². The van der Waals surface area contributed by atoms with Crippen LogP contribution in [0.4, 0.5) is 24.5 Å². The van der Waals surface area contributed by atoms with Crippen molar-refractivity contribution in [3.63, 3.8) is 0 Å². The molecule has 13 heteroatoms. The van der Waals surface area contributed by atoms with Crippen LogP contribution in [0.2, 0.25) is 0 Å². The highest BCUT2D eigenvalue weighted by Gasteiger charge is 2.40. The van der Waals surface area contributed by atoms with Crippen LogP contribution in [0.3, 0.4) is 0 Å². The molecule has 4 N–H and O–H groups in total. The minimum atomic E-state index is -4.86. The van der Waals surface area contributed by atoms with Crippen molar-refractivity contribution >= 4 is 33.2 Å². The summed E-state index contributed by atoms with van der Waals surface area (Å²) in [7, 11) is -4.05. The number of hydrogen-bond donors (Lipinski definition) is 3.